The van der Waals surface area contributed by atoms with Crippen molar-refractivity contribution in [2.75, 3.05) is 12.4 Å². The topological polar surface area (TPSA) is 69.8 Å². The Balaban J connectivity index is 1.43. The molecule has 0 aliphatic carbocycles. The van der Waals surface area contributed by atoms with E-state index in [-0.39, 0.29) is 0 Å². The van der Waals surface area contributed by atoms with Crippen molar-refractivity contribution in [2.45, 2.75) is 13.5 Å². The van der Waals surface area contributed by atoms with E-state index in [4.69, 9.17) is 4.74 Å². The molecule has 0 unspecified atom stereocenters. The number of methoxy groups -OCH3 is 1. The molecule has 0 amide bonds. The maximum absolute atomic E-state index is 5.61. The predicted octanol–water partition coefficient (Wildman–Crippen LogP) is 4.73. The highest BCUT2D eigenvalue weighted by Gasteiger charge is 2.10. The van der Waals surface area contributed by atoms with E-state index in [1.807, 2.05) is 77.2 Å². The van der Waals surface area contributed by atoms with Gasteiger partial charge in [0.1, 0.15) is 11.6 Å². The maximum atomic E-state index is 5.61. The average Bonchev–Trinajstić information content (AvgIpc) is 3.40. The fourth-order valence-corrected chi connectivity index (χ4v) is 3.59. The second kappa shape index (κ2) is 7.95. The number of hydrogen-bond donors (Lipinski definition) is 1. The molecule has 7 heteroatoms. The molecule has 0 atom stereocenters. The molecule has 0 aliphatic rings. The lowest BCUT2D eigenvalue weighted by Crippen LogP contribution is -2.02. The van der Waals surface area contributed by atoms with E-state index in [1.165, 1.54) is 5.56 Å². The van der Waals surface area contributed by atoms with Crippen molar-refractivity contribution >= 4 is 22.4 Å². The first-order chi connectivity index (χ1) is 15.2. The van der Waals surface area contributed by atoms with Gasteiger partial charge in [0.2, 0.25) is 0 Å². The van der Waals surface area contributed by atoms with E-state index >= 15 is 0 Å². The van der Waals surface area contributed by atoms with Gasteiger partial charge in [0.05, 0.1) is 43.1 Å². The van der Waals surface area contributed by atoms with Crippen molar-refractivity contribution in [2.24, 2.45) is 0 Å². The molecule has 0 saturated carbocycles. The first kappa shape index (κ1) is 18.9. The molecule has 2 aromatic carbocycles. The highest BCUT2D eigenvalue weighted by molar-refractivity contribution is 5.81. The van der Waals surface area contributed by atoms with Gasteiger partial charge in [-0.05, 0) is 24.6 Å². The van der Waals surface area contributed by atoms with Crippen LogP contribution >= 0.6 is 0 Å². The van der Waals surface area contributed by atoms with Crippen LogP contribution in [0.2, 0.25) is 0 Å². The average molecular weight is 410 g/mol. The molecule has 1 N–H and O–H groups in total. The van der Waals surface area contributed by atoms with Gasteiger partial charge < -0.3 is 14.6 Å². The molecule has 0 saturated heterocycles. The van der Waals surface area contributed by atoms with Crippen molar-refractivity contribution in [3.05, 3.63) is 90.8 Å². The van der Waals surface area contributed by atoms with Crippen molar-refractivity contribution in [3.63, 3.8) is 0 Å². The Morgan fingerprint density at radius 3 is 2.65 bits per heavy atom. The molecule has 0 fully saturated rings. The third-order valence-corrected chi connectivity index (χ3v) is 5.14. The van der Waals surface area contributed by atoms with Gasteiger partial charge in [0.25, 0.3) is 0 Å². The van der Waals surface area contributed by atoms with Gasteiger partial charge in [-0.25, -0.2) is 9.97 Å². The smallest absolute Gasteiger partial charge is 0.144 e. The Labute approximate surface area is 180 Å². The molecule has 7 nitrogen and oxygen atoms in total. The van der Waals surface area contributed by atoms with Gasteiger partial charge in [-0.15, -0.1) is 0 Å². The second-order valence-corrected chi connectivity index (χ2v) is 7.35. The zero-order valence-electron chi connectivity index (χ0n) is 17.4. The van der Waals surface area contributed by atoms with Crippen LogP contribution in [0.15, 0.2) is 79.5 Å². The molecular weight excluding hydrogens is 388 g/mol. The summed E-state index contributed by atoms with van der Waals surface area (Å²) in [5.74, 6) is 1.49. The van der Waals surface area contributed by atoms with Gasteiger partial charge in [-0.1, -0.05) is 30.3 Å². The highest BCUT2D eigenvalue weighted by atomic mass is 16.5. The summed E-state index contributed by atoms with van der Waals surface area (Å²) in [5.41, 5.74) is 5.00. The van der Waals surface area contributed by atoms with E-state index in [0.29, 0.717) is 6.54 Å². The minimum absolute atomic E-state index is 0.709. The number of nitrogens with one attached hydrogen (secondary N) is 1. The van der Waals surface area contributed by atoms with Gasteiger partial charge >= 0.3 is 0 Å². The minimum Gasteiger partial charge on any atom is -0.494 e. The Bertz CT molecular complexity index is 1340. The Hall–Kier alpha value is -4.13. The zero-order chi connectivity index (χ0) is 21.2. The zero-order valence-corrected chi connectivity index (χ0v) is 17.4. The van der Waals surface area contributed by atoms with Crippen LogP contribution in [0.25, 0.3) is 16.6 Å². The number of benzene rings is 2. The standard InChI is InChI=1S/C24H22N6O/c1-17-14-29(16-26-17)21-9-8-20(10-23(21)31-2)28-24-11-22-19(12-25-24)13-27-30(22)15-18-6-4-3-5-7-18/h3-14,16H,15H2,1-2H3,(H,25,28). The summed E-state index contributed by atoms with van der Waals surface area (Å²) in [7, 11) is 1.67. The fourth-order valence-electron chi connectivity index (χ4n) is 3.59. The van der Waals surface area contributed by atoms with Crippen LogP contribution in [-0.4, -0.2) is 31.4 Å². The number of aryl methyl sites for hydroxylation is 1. The van der Waals surface area contributed by atoms with Crippen molar-refractivity contribution in [3.8, 4) is 11.4 Å². The molecule has 5 rings (SSSR count). The maximum Gasteiger partial charge on any atom is 0.144 e. The number of fused-ring (bicyclic) bond motifs is 1. The molecule has 0 spiro atoms. The first-order valence-corrected chi connectivity index (χ1v) is 10.0. The van der Waals surface area contributed by atoms with Gasteiger partial charge in [-0.2, -0.15) is 5.10 Å². The number of nitrogens with zero attached hydrogens (tertiary/aromatic N) is 5. The summed E-state index contributed by atoms with van der Waals surface area (Å²) >= 11 is 0. The van der Waals surface area contributed by atoms with Crippen LogP contribution in [0.3, 0.4) is 0 Å². The number of anilines is 2. The van der Waals surface area contributed by atoms with Crippen LogP contribution in [0.4, 0.5) is 11.5 Å². The van der Waals surface area contributed by atoms with E-state index in [0.717, 1.165) is 39.5 Å². The van der Waals surface area contributed by atoms with E-state index in [1.54, 1.807) is 13.4 Å². The quantitative estimate of drug-likeness (QED) is 0.438. The normalized spacial score (nSPS) is 11.0. The summed E-state index contributed by atoms with van der Waals surface area (Å²) in [6.45, 7) is 2.67. The van der Waals surface area contributed by atoms with E-state index in [9.17, 15) is 0 Å². The molecule has 3 heterocycles. The van der Waals surface area contributed by atoms with Crippen LogP contribution in [0.1, 0.15) is 11.3 Å². The number of imidazole rings is 1. The van der Waals surface area contributed by atoms with Crippen LogP contribution < -0.4 is 10.1 Å². The number of rotatable bonds is 6. The lowest BCUT2D eigenvalue weighted by molar-refractivity contribution is 0.413. The third-order valence-electron chi connectivity index (χ3n) is 5.14. The highest BCUT2D eigenvalue weighted by Crippen LogP contribution is 2.29. The Morgan fingerprint density at radius 1 is 1.00 bits per heavy atom. The van der Waals surface area contributed by atoms with Gasteiger partial charge in [-0.3, -0.25) is 4.68 Å². The number of ether oxygens (including phenoxy) is 1. The predicted molar refractivity (Wildman–Crippen MR) is 121 cm³/mol. The summed E-state index contributed by atoms with van der Waals surface area (Å²) in [5, 5.41) is 8.92. The van der Waals surface area contributed by atoms with E-state index in [2.05, 4.69) is 32.5 Å². The Kier molecular flexibility index (Phi) is 4.84. The lowest BCUT2D eigenvalue weighted by atomic mass is 10.2. The monoisotopic (exact) mass is 410 g/mol. The SMILES string of the molecule is COc1cc(Nc2cc3c(cn2)cnn3Cc2ccccc2)ccc1-n1cnc(C)c1. The molecule has 31 heavy (non-hydrogen) atoms. The van der Waals surface area contributed by atoms with Crippen molar-refractivity contribution in [1.29, 1.82) is 0 Å². The largest absolute Gasteiger partial charge is 0.494 e. The van der Waals surface area contributed by atoms with Crippen LogP contribution in [0, 0.1) is 6.92 Å². The summed E-state index contributed by atoms with van der Waals surface area (Å²) in [6, 6.07) is 18.3. The lowest BCUT2D eigenvalue weighted by Gasteiger charge is -2.12. The van der Waals surface area contributed by atoms with Crippen LogP contribution in [0.5, 0.6) is 5.75 Å². The first-order valence-electron chi connectivity index (χ1n) is 10.0. The fraction of sp³-hybridized carbons (Fsp3) is 0.125. The minimum atomic E-state index is 0.709. The van der Waals surface area contributed by atoms with Crippen LogP contribution in [-0.2, 0) is 6.54 Å². The van der Waals surface area contributed by atoms with Gasteiger partial charge in [0, 0.05) is 35.6 Å². The molecule has 0 aliphatic heterocycles. The summed E-state index contributed by atoms with van der Waals surface area (Å²) in [4.78, 5) is 8.84. The number of hydrogen-bond acceptors (Lipinski definition) is 5. The summed E-state index contributed by atoms with van der Waals surface area (Å²) < 4.78 is 9.55. The molecule has 154 valence electrons. The van der Waals surface area contributed by atoms with Gasteiger partial charge in [0.15, 0.2) is 0 Å². The van der Waals surface area contributed by atoms with E-state index < -0.39 is 0 Å². The molecular formula is C24H22N6O. The second-order valence-electron chi connectivity index (χ2n) is 7.35. The molecule has 0 bridgehead atoms. The summed E-state index contributed by atoms with van der Waals surface area (Å²) in [6.07, 6.45) is 7.43. The number of aromatic nitrogens is 5. The molecule has 5 aromatic rings. The van der Waals surface area contributed by atoms with Crippen molar-refractivity contribution in [1.82, 2.24) is 24.3 Å². The number of pyridine rings is 1. The third kappa shape index (κ3) is 3.85. The van der Waals surface area contributed by atoms with Crippen molar-refractivity contribution < 1.29 is 4.74 Å². The Morgan fingerprint density at radius 2 is 1.87 bits per heavy atom. The molecule has 0 radical (unpaired) electrons. The molecule has 3 aromatic heterocycles.